The molecule has 144 valence electrons. The summed E-state index contributed by atoms with van der Waals surface area (Å²) < 4.78 is 0.755. The van der Waals surface area contributed by atoms with Crippen molar-refractivity contribution < 1.29 is 14.7 Å². The highest BCUT2D eigenvalue weighted by Gasteiger charge is 2.82. The number of aliphatic hydroxyl groups excluding tert-OH is 2. The largest absolute Gasteiger partial charge is 0.392 e. The highest BCUT2D eigenvalue weighted by Crippen LogP contribution is 2.71. The molecule has 0 amide bonds. The van der Waals surface area contributed by atoms with E-state index in [-0.39, 0.29) is 23.8 Å². The van der Waals surface area contributed by atoms with Crippen LogP contribution < -0.4 is 4.90 Å². The number of aliphatic hydroxyl groups is 2. The van der Waals surface area contributed by atoms with E-state index < -0.39 is 0 Å². The maximum absolute atomic E-state index is 11.9. The number of quaternary nitrogens is 1. The summed E-state index contributed by atoms with van der Waals surface area (Å²) in [5.41, 5.74) is 2.47. The van der Waals surface area contributed by atoms with Gasteiger partial charge in [0, 0.05) is 37.4 Å². The van der Waals surface area contributed by atoms with Crippen LogP contribution in [0.2, 0.25) is 0 Å². The van der Waals surface area contributed by atoms with Crippen molar-refractivity contribution in [2.45, 2.75) is 62.1 Å². The summed E-state index contributed by atoms with van der Waals surface area (Å²) in [4.78, 5) is 2.44. The Kier molecular flexibility index (Phi) is 3.05. The van der Waals surface area contributed by atoms with Gasteiger partial charge in [0.05, 0.1) is 30.1 Å². The molecule has 0 aromatic heterocycles. The number of para-hydroxylation sites is 1. The molecule has 6 aliphatic rings. The highest BCUT2D eigenvalue weighted by molar-refractivity contribution is 5.66. The fourth-order valence-electron chi connectivity index (χ4n) is 8.98. The Morgan fingerprint density at radius 2 is 2.07 bits per heavy atom. The first-order chi connectivity index (χ1) is 13.0. The molecule has 5 aliphatic heterocycles. The molecule has 4 nitrogen and oxygen atoms in total. The van der Waals surface area contributed by atoms with Crippen LogP contribution >= 0.6 is 0 Å². The molecule has 5 heterocycles. The first-order valence-electron chi connectivity index (χ1n) is 10.7. The van der Waals surface area contributed by atoms with Crippen molar-refractivity contribution in [1.29, 1.82) is 0 Å². The van der Waals surface area contributed by atoms with Gasteiger partial charge in [-0.25, -0.2) is 0 Å². The minimum Gasteiger partial charge on any atom is -0.392 e. The van der Waals surface area contributed by atoms with Crippen LogP contribution in [-0.2, 0) is 5.41 Å². The SMILES string of the molecule is C=CC[N@+]12[C@H](O)[C@H](CC)[C@H]3C[C@H]1[C@@H]1N(C)c4ccccc4[C@@]14C[C@H]2[C@H]3[C@@H]4O. The van der Waals surface area contributed by atoms with Crippen LogP contribution in [0.4, 0.5) is 5.69 Å². The average molecular weight is 368 g/mol. The van der Waals surface area contributed by atoms with Gasteiger partial charge in [-0.15, -0.1) is 0 Å². The second-order valence-corrected chi connectivity index (χ2v) is 9.83. The van der Waals surface area contributed by atoms with E-state index in [4.69, 9.17) is 0 Å². The van der Waals surface area contributed by atoms with E-state index in [0.29, 0.717) is 29.8 Å². The third kappa shape index (κ3) is 1.47. The highest BCUT2D eigenvalue weighted by atomic mass is 16.3. The topological polar surface area (TPSA) is 43.7 Å². The third-order valence-corrected chi connectivity index (χ3v) is 9.56. The molecule has 5 bridgehead atoms. The molecule has 1 aromatic carbocycles. The number of fused-ring (bicyclic) bond motifs is 2. The number of anilines is 1. The van der Waals surface area contributed by atoms with Gasteiger partial charge >= 0.3 is 0 Å². The molecule has 4 saturated heterocycles. The normalized spacial score (nSPS) is 53.6. The van der Waals surface area contributed by atoms with Gasteiger partial charge in [-0.2, -0.15) is 0 Å². The van der Waals surface area contributed by atoms with Crippen molar-refractivity contribution in [3.8, 4) is 0 Å². The number of rotatable bonds is 3. The number of likely N-dealkylation sites (N-methyl/N-ethyl adjacent to an activating group) is 1. The van der Waals surface area contributed by atoms with E-state index in [2.05, 4.69) is 49.7 Å². The van der Waals surface area contributed by atoms with E-state index in [9.17, 15) is 10.2 Å². The second-order valence-electron chi connectivity index (χ2n) is 9.83. The number of piperidine rings is 4. The second kappa shape index (κ2) is 4.97. The summed E-state index contributed by atoms with van der Waals surface area (Å²) in [6.45, 7) is 7.10. The van der Waals surface area contributed by atoms with E-state index >= 15 is 0 Å². The van der Waals surface area contributed by atoms with Gasteiger partial charge in [-0.3, -0.25) is 4.48 Å². The molecule has 1 aliphatic carbocycles. The van der Waals surface area contributed by atoms with Crippen molar-refractivity contribution >= 4 is 5.69 Å². The molecule has 0 radical (unpaired) electrons. The summed E-state index contributed by atoms with van der Waals surface area (Å²) in [5.74, 6) is 1.05. The minimum atomic E-state index is -0.321. The quantitative estimate of drug-likeness (QED) is 0.636. The summed E-state index contributed by atoms with van der Waals surface area (Å²) in [6.07, 6.45) is 4.52. The van der Waals surface area contributed by atoms with E-state index in [1.165, 1.54) is 11.3 Å². The fourth-order valence-corrected chi connectivity index (χ4v) is 8.98. The molecule has 0 unspecified atom stereocenters. The van der Waals surface area contributed by atoms with Crippen molar-refractivity contribution in [2.24, 2.45) is 17.8 Å². The van der Waals surface area contributed by atoms with Gasteiger partial charge < -0.3 is 15.1 Å². The van der Waals surface area contributed by atoms with Crippen molar-refractivity contribution in [1.82, 2.24) is 0 Å². The number of hydrogen-bond acceptors (Lipinski definition) is 3. The van der Waals surface area contributed by atoms with E-state index in [1.807, 2.05) is 6.08 Å². The lowest BCUT2D eigenvalue weighted by atomic mass is 9.60. The Labute approximate surface area is 161 Å². The predicted octanol–water partition coefficient (Wildman–Crippen LogP) is 2.26. The van der Waals surface area contributed by atoms with Crippen LogP contribution in [0.1, 0.15) is 31.7 Å². The molecule has 10 atom stereocenters. The lowest BCUT2D eigenvalue weighted by Gasteiger charge is -2.67. The maximum Gasteiger partial charge on any atom is 0.194 e. The Bertz CT molecular complexity index is 826. The zero-order valence-electron chi connectivity index (χ0n) is 16.3. The smallest absolute Gasteiger partial charge is 0.194 e. The first kappa shape index (κ1) is 16.6. The molecule has 7 rings (SSSR count). The Hall–Kier alpha value is -1.36. The molecule has 5 fully saturated rings. The summed E-state index contributed by atoms with van der Waals surface area (Å²) in [7, 11) is 2.21. The molecular formula is C23H31N2O2+. The molecule has 1 spiro atoms. The van der Waals surface area contributed by atoms with Gasteiger partial charge in [0.1, 0.15) is 6.04 Å². The molecular weight excluding hydrogens is 336 g/mol. The maximum atomic E-state index is 11.9. The predicted molar refractivity (Wildman–Crippen MR) is 105 cm³/mol. The Balaban J connectivity index is 1.63. The molecule has 27 heavy (non-hydrogen) atoms. The average Bonchev–Trinajstić information content (AvgIpc) is 3.06. The van der Waals surface area contributed by atoms with Crippen LogP contribution in [-0.4, -0.2) is 58.7 Å². The Morgan fingerprint density at radius 1 is 1.30 bits per heavy atom. The van der Waals surface area contributed by atoms with Gasteiger partial charge in [-0.1, -0.05) is 31.7 Å². The van der Waals surface area contributed by atoms with E-state index in [1.54, 1.807) is 0 Å². The number of nitrogens with zero attached hydrogens (tertiary/aromatic N) is 2. The molecule has 1 saturated carbocycles. The van der Waals surface area contributed by atoms with Crippen LogP contribution in [0.15, 0.2) is 36.9 Å². The van der Waals surface area contributed by atoms with Gasteiger partial charge in [0.25, 0.3) is 0 Å². The van der Waals surface area contributed by atoms with Crippen molar-refractivity contribution in [3.63, 3.8) is 0 Å². The summed E-state index contributed by atoms with van der Waals surface area (Å²) >= 11 is 0. The zero-order chi connectivity index (χ0) is 18.7. The number of benzene rings is 1. The van der Waals surface area contributed by atoms with Gasteiger partial charge in [0.15, 0.2) is 6.23 Å². The van der Waals surface area contributed by atoms with Crippen LogP contribution in [0.25, 0.3) is 0 Å². The molecule has 2 N–H and O–H groups in total. The van der Waals surface area contributed by atoms with Gasteiger partial charge in [-0.05, 0) is 30.0 Å². The standard InChI is InChI=1S/C23H31N2O2/c1-4-10-25-17-11-14(13(5-2)22(25)27)19-18(25)12-23(21(19)26)15-8-6-7-9-16(15)24(3)20(17)23/h4,6-9,13-14,17-22,26-27H,1,5,10-12H2,2-3H3/q+1/t13-,14-,17+,18+,19+,20+,21+,22-,23+,25+/m1/s1. The summed E-state index contributed by atoms with van der Waals surface area (Å²) in [6, 6.07) is 9.71. The van der Waals surface area contributed by atoms with Crippen molar-refractivity contribution in [3.05, 3.63) is 42.5 Å². The first-order valence-corrected chi connectivity index (χ1v) is 10.7. The zero-order valence-corrected chi connectivity index (χ0v) is 16.3. The fraction of sp³-hybridized carbons (Fsp3) is 0.652. The molecule has 1 aromatic rings. The summed E-state index contributed by atoms with van der Waals surface area (Å²) in [5, 5.41) is 23.5. The Morgan fingerprint density at radius 3 is 2.81 bits per heavy atom. The van der Waals surface area contributed by atoms with Crippen LogP contribution in [0.5, 0.6) is 0 Å². The minimum absolute atomic E-state index is 0.161. The lowest BCUT2D eigenvalue weighted by molar-refractivity contribution is -1.03. The van der Waals surface area contributed by atoms with Crippen LogP contribution in [0.3, 0.4) is 0 Å². The monoisotopic (exact) mass is 367 g/mol. The van der Waals surface area contributed by atoms with E-state index in [0.717, 1.165) is 30.3 Å². The number of hydrogen-bond donors (Lipinski definition) is 2. The van der Waals surface area contributed by atoms with Crippen LogP contribution in [0, 0.1) is 17.8 Å². The van der Waals surface area contributed by atoms with Gasteiger partial charge in [0.2, 0.25) is 0 Å². The van der Waals surface area contributed by atoms with Crippen molar-refractivity contribution in [2.75, 3.05) is 18.5 Å². The lowest BCUT2D eigenvalue weighted by Crippen LogP contribution is -2.82. The third-order valence-electron chi connectivity index (χ3n) is 9.56. The molecule has 4 heteroatoms.